The summed E-state index contributed by atoms with van der Waals surface area (Å²) < 4.78 is 0. The quantitative estimate of drug-likeness (QED) is 0.488. The first kappa shape index (κ1) is 27.9. The maximum absolute atomic E-state index is 13.3. The number of benzene rings is 1. The van der Waals surface area contributed by atoms with E-state index in [0.717, 1.165) is 44.1 Å². The van der Waals surface area contributed by atoms with Crippen molar-refractivity contribution in [3.63, 3.8) is 0 Å². The van der Waals surface area contributed by atoms with Crippen molar-refractivity contribution in [3.05, 3.63) is 35.4 Å². The fraction of sp³-hybridized carbons (Fsp3) is 0.655. The highest BCUT2D eigenvalue weighted by molar-refractivity contribution is 6.28. The number of hydrogen-bond acceptors (Lipinski definition) is 4. The number of aliphatic carboxylic acids is 1. The Kier molecular flexibility index (Phi) is 8.31. The lowest BCUT2D eigenvalue weighted by Crippen LogP contribution is -2.51. The summed E-state index contributed by atoms with van der Waals surface area (Å²) in [5.41, 5.74) is 1.34. The molecule has 0 aromatic heterocycles. The average Bonchev–Trinajstić information content (AvgIpc) is 3.08. The van der Waals surface area contributed by atoms with Gasteiger partial charge in [-0.2, -0.15) is 0 Å². The maximum atomic E-state index is 13.3. The Bertz CT molecular complexity index is 977. The standard InChI is InChI=1S/C29H43N3O4/c1-27(2,3)15-13-23(20-7-9-21(10-8-20)26(36)30-18-14-25(34)35)32-24(33)19-31-29(32)16-11-22(12-17-29)28(4,5)6/h7-10,19,22-23H,11-18H2,1-6H3,(H,30,36)(H,34,35)/t22?,23-,29?/m1/s1. The van der Waals surface area contributed by atoms with Crippen molar-refractivity contribution in [2.24, 2.45) is 21.7 Å². The molecule has 7 heteroatoms. The molecule has 198 valence electrons. The topological polar surface area (TPSA) is 99.1 Å². The number of carboxylic acids is 1. The second kappa shape index (κ2) is 10.7. The highest BCUT2D eigenvalue weighted by atomic mass is 16.4. The van der Waals surface area contributed by atoms with Gasteiger partial charge in [0.2, 0.25) is 0 Å². The van der Waals surface area contributed by atoms with Gasteiger partial charge in [-0.1, -0.05) is 53.7 Å². The molecule has 1 saturated carbocycles. The Morgan fingerprint density at radius 2 is 1.72 bits per heavy atom. The van der Waals surface area contributed by atoms with Gasteiger partial charge in [0.05, 0.1) is 18.7 Å². The van der Waals surface area contributed by atoms with Gasteiger partial charge in [0.15, 0.2) is 0 Å². The number of nitrogens with zero attached hydrogens (tertiary/aromatic N) is 2. The molecule has 1 heterocycles. The fourth-order valence-corrected chi connectivity index (χ4v) is 5.52. The van der Waals surface area contributed by atoms with Crippen LogP contribution in [0.3, 0.4) is 0 Å². The third-order valence-corrected chi connectivity index (χ3v) is 7.77. The van der Waals surface area contributed by atoms with Gasteiger partial charge in [0.25, 0.3) is 11.8 Å². The zero-order valence-electron chi connectivity index (χ0n) is 22.8. The van der Waals surface area contributed by atoms with Crippen LogP contribution in [0.5, 0.6) is 0 Å². The van der Waals surface area contributed by atoms with Gasteiger partial charge < -0.3 is 15.3 Å². The molecule has 1 aromatic rings. The van der Waals surface area contributed by atoms with Crippen molar-refractivity contribution in [1.29, 1.82) is 0 Å². The van der Waals surface area contributed by atoms with E-state index in [-0.39, 0.29) is 41.7 Å². The number of amides is 2. The van der Waals surface area contributed by atoms with Gasteiger partial charge in [-0.3, -0.25) is 19.4 Å². The van der Waals surface area contributed by atoms with Crippen LogP contribution in [0.25, 0.3) is 0 Å². The van der Waals surface area contributed by atoms with Crippen LogP contribution in [0.15, 0.2) is 29.3 Å². The van der Waals surface area contributed by atoms with E-state index in [4.69, 9.17) is 10.1 Å². The summed E-state index contributed by atoms with van der Waals surface area (Å²) in [4.78, 5) is 43.3. The fourth-order valence-electron chi connectivity index (χ4n) is 5.52. The molecule has 3 rings (SSSR count). The van der Waals surface area contributed by atoms with Crippen LogP contribution in [-0.4, -0.2) is 46.2 Å². The molecule has 7 nitrogen and oxygen atoms in total. The molecule has 1 spiro atoms. The third-order valence-electron chi connectivity index (χ3n) is 7.77. The molecule has 2 N–H and O–H groups in total. The Morgan fingerprint density at radius 1 is 1.11 bits per heavy atom. The van der Waals surface area contributed by atoms with Crippen LogP contribution < -0.4 is 5.32 Å². The number of carbonyl (C=O) groups excluding carboxylic acids is 2. The van der Waals surface area contributed by atoms with E-state index in [0.29, 0.717) is 11.5 Å². The summed E-state index contributed by atoms with van der Waals surface area (Å²) in [5.74, 6) is -0.664. The summed E-state index contributed by atoms with van der Waals surface area (Å²) in [7, 11) is 0. The highest BCUT2D eigenvalue weighted by Crippen LogP contribution is 2.49. The number of hydrogen-bond donors (Lipinski definition) is 2. The molecule has 36 heavy (non-hydrogen) atoms. The summed E-state index contributed by atoms with van der Waals surface area (Å²) in [6.07, 6.45) is 6.99. The van der Waals surface area contributed by atoms with Gasteiger partial charge in [-0.15, -0.1) is 0 Å². The monoisotopic (exact) mass is 497 g/mol. The van der Waals surface area contributed by atoms with Crippen molar-refractivity contribution in [3.8, 4) is 0 Å². The van der Waals surface area contributed by atoms with Crippen LogP contribution in [0, 0.1) is 16.7 Å². The van der Waals surface area contributed by atoms with E-state index < -0.39 is 11.6 Å². The van der Waals surface area contributed by atoms with Crippen molar-refractivity contribution < 1.29 is 19.5 Å². The van der Waals surface area contributed by atoms with Gasteiger partial charge in [0, 0.05) is 12.1 Å². The van der Waals surface area contributed by atoms with E-state index in [1.54, 1.807) is 12.1 Å². The lowest BCUT2D eigenvalue weighted by atomic mass is 9.69. The lowest BCUT2D eigenvalue weighted by Gasteiger charge is -2.48. The zero-order valence-corrected chi connectivity index (χ0v) is 22.8. The molecular formula is C29H43N3O4. The van der Waals surface area contributed by atoms with Gasteiger partial charge in [-0.25, -0.2) is 0 Å². The second-order valence-corrected chi connectivity index (χ2v) is 12.7. The summed E-state index contributed by atoms with van der Waals surface area (Å²) in [5, 5.41) is 11.4. The summed E-state index contributed by atoms with van der Waals surface area (Å²) in [6, 6.07) is 7.26. The number of carboxylic acid groups (broad SMARTS) is 1. The SMILES string of the molecule is CC(C)(C)CC[C@H](c1ccc(C(=O)NCCC(=O)O)cc1)N1C(=O)C=NC12CCC(C(C)(C)C)CC2. The molecule has 1 aliphatic heterocycles. The molecule has 0 unspecified atom stereocenters. The van der Waals surface area contributed by atoms with E-state index in [2.05, 4.69) is 46.9 Å². The van der Waals surface area contributed by atoms with Crippen LogP contribution in [0.2, 0.25) is 0 Å². The lowest BCUT2D eigenvalue weighted by molar-refractivity contribution is -0.137. The van der Waals surface area contributed by atoms with Gasteiger partial charge in [-0.05, 0) is 73.0 Å². The maximum Gasteiger partial charge on any atom is 0.305 e. The van der Waals surface area contributed by atoms with Crippen molar-refractivity contribution in [1.82, 2.24) is 10.2 Å². The van der Waals surface area contributed by atoms with Crippen LogP contribution in [-0.2, 0) is 9.59 Å². The third kappa shape index (κ3) is 6.74. The Hall–Kier alpha value is -2.70. The molecule has 0 saturated heterocycles. The predicted octanol–water partition coefficient (Wildman–Crippen LogP) is 5.60. The molecule has 2 aliphatic rings. The minimum absolute atomic E-state index is 0.0291. The van der Waals surface area contributed by atoms with Gasteiger partial charge in [0.1, 0.15) is 5.66 Å². The molecular weight excluding hydrogens is 454 g/mol. The number of rotatable bonds is 8. The second-order valence-electron chi connectivity index (χ2n) is 12.7. The zero-order chi connectivity index (χ0) is 26.7. The molecule has 1 fully saturated rings. The van der Waals surface area contributed by atoms with Crippen molar-refractivity contribution in [2.45, 2.75) is 98.2 Å². The first-order valence-electron chi connectivity index (χ1n) is 13.2. The van der Waals surface area contributed by atoms with Gasteiger partial charge >= 0.3 is 5.97 Å². The molecule has 1 aromatic carbocycles. The molecule has 0 radical (unpaired) electrons. The summed E-state index contributed by atoms with van der Waals surface area (Å²) >= 11 is 0. The van der Waals surface area contributed by atoms with E-state index in [9.17, 15) is 14.4 Å². The van der Waals surface area contributed by atoms with Crippen LogP contribution >= 0.6 is 0 Å². The first-order valence-corrected chi connectivity index (χ1v) is 13.2. The smallest absolute Gasteiger partial charge is 0.305 e. The Balaban J connectivity index is 1.85. The normalized spacial score (nSPS) is 23.2. The van der Waals surface area contributed by atoms with E-state index in [1.807, 2.05) is 17.0 Å². The molecule has 1 atom stereocenters. The molecule has 0 bridgehead atoms. The molecule has 1 aliphatic carbocycles. The van der Waals surface area contributed by atoms with Crippen molar-refractivity contribution in [2.75, 3.05) is 6.54 Å². The number of nitrogens with one attached hydrogen (secondary N) is 1. The summed E-state index contributed by atoms with van der Waals surface area (Å²) in [6.45, 7) is 13.6. The van der Waals surface area contributed by atoms with Crippen LogP contribution in [0.1, 0.15) is 108 Å². The van der Waals surface area contributed by atoms with Crippen molar-refractivity contribution >= 4 is 24.0 Å². The highest BCUT2D eigenvalue weighted by Gasteiger charge is 2.49. The predicted molar refractivity (Wildman–Crippen MR) is 142 cm³/mol. The Morgan fingerprint density at radius 3 is 2.25 bits per heavy atom. The van der Waals surface area contributed by atoms with E-state index >= 15 is 0 Å². The first-order chi connectivity index (χ1) is 16.7. The Labute approximate surface area is 215 Å². The minimum atomic E-state index is -0.949. The largest absolute Gasteiger partial charge is 0.481 e. The average molecular weight is 498 g/mol. The number of aliphatic imine (C=N–C) groups is 1. The van der Waals surface area contributed by atoms with E-state index in [1.165, 1.54) is 6.21 Å². The molecule has 2 amide bonds. The minimum Gasteiger partial charge on any atom is -0.481 e. The number of carbonyl (C=O) groups is 3. The van der Waals surface area contributed by atoms with Crippen LogP contribution in [0.4, 0.5) is 0 Å².